The van der Waals surface area contributed by atoms with Crippen molar-refractivity contribution in [1.29, 1.82) is 5.26 Å². The van der Waals surface area contributed by atoms with Crippen LogP contribution in [-0.2, 0) is 13.6 Å². The van der Waals surface area contributed by atoms with Crippen LogP contribution in [0.25, 0.3) is 17.3 Å². The molecule has 0 unspecified atom stereocenters. The number of aromatic nitrogens is 3. The number of piperidine rings is 1. The van der Waals surface area contributed by atoms with Crippen molar-refractivity contribution < 1.29 is 4.74 Å². The van der Waals surface area contributed by atoms with Crippen LogP contribution in [0.1, 0.15) is 35.5 Å². The van der Waals surface area contributed by atoms with E-state index in [1.54, 1.807) is 7.11 Å². The molecule has 2 aliphatic rings. The molecule has 2 aromatic heterocycles. The molecule has 0 atom stereocenters. The van der Waals surface area contributed by atoms with Gasteiger partial charge in [0, 0.05) is 49.1 Å². The van der Waals surface area contributed by atoms with Gasteiger partial charge in [0.1, 0.15) is 17.4 Å². The Morgan fingerprint density at radius 1 is 1.17 bits per heavy atom. The second kappa shape index (κ2) is 9.34. The van der Waals surface area contributed by atoms with Gasteiger partial charge in [0.15, 0.2) is 0 Å². The molecule has 0 amide bonds. The van der Waals surface area contributed by atoms with Crippen molar-refractivity contribution in [3.63, 3.8) is 0 Å². The van der Waals surface area contributed by atoms with Crippen LogP contribution in [0.4, 0.5) is 11.5 Å². The van der Waals surface area contributed by atoms with Crippen molar-refractivity contribution in [2.75, 3.05) is 30.5 Å². The van der Waals surface area contributed by atoms with Crippen LogP contribution in [-0.4, -0.2) is 39.7 Å². The molecular formula is C27H31N7O. The molecule has 4 heterocycles. The fraction of sp³-hybridized carbons (Fsp3) is 0.370. The Hall–Kier alpha value is -3.99. The van der Waals surface area contributed by atoms with Gasteiger partial charge in [0.25, 0.3) is 0 Å². The maximum absolute atomic E-state index is 9.28. The third-order valence-corrected chi connectivity index (χ3v) is 6.99. The van der Waals surface area contributed by atoms with E-state index in [1.807, 2.05) is 39.2 Å². The van der Waals surface area contributed by atoms with Crippen LogP contribution in [0.2, 0.25) is 0 Å². The van der Waals surface area contributed by atoms with Crippen LogP contribution in [0.15, 0.2) is 36.7 Å². The molecule has 35 heavy (non-hydrogen) atoms. The number of nitriles is 1. The molecule has 1 N–H and O–H groups in total. The fourth-order valence-corrected chi connectivity index (χ4v) is 4.84. The maximum Gasteiger partial charge on any atom is 0.144 e. The van der Waals surface area contributed by atoms with E-state index in [4.69, 9.17) is 9.72 Å². The van der Waals surface area contributed by atoms with E-state index in [-0.39, 0.29) is 5.92 Å². The summed E-state index contributed by atoms with van der Waals surface area (Å²) in [6, 6.07) is 10.7. The SMILES string of the molecule is COc1cc(-c2cnc(C)n2C)ccc1NN1C=Cc2cc(C)nc(N3CCC(C#N)CC3)c2C1. The maximum atomic E-state index is 9.28. The molecule has 1 saturated heterocycles. The highest BCUT2D eigenvalue weighted by molar-refractivity contribution is 5.70. The first kappa shape index (κ1) is 22.8. The smallest absolute Gasteiger partial charge is 0.144 e. The van der Waals surface area contributed by atoms with Crippen LogP contribution in [0.5, 0.6) is 5.75 Å². The quantitative estimate of drug-likeness (QED) is 0.582. The minimum absolute atomic E-state index is 0.149. The number of benzene rings is 1. The van der Waals surface area contributed by atoms with Gasteiger partial charge in [0.2, 0.25) is 0 Å². The summed E-state index contributed by atoms with van der Waals surface area (Å²) < 4.78 is 7.80. The minimum atomic E-state index is 0.149. The standard InChI is InChI=1S/C27H31N7O/c1-18-13-21-9-12-34(17-23(21)27(30-18)33-10-7-20(15-28)8-11-33)31-24-6-5-22(14-26(24)35-4)25-16-29-19(2)32(25)3/h5-6,9,12-14,16,20,31H,7-8,10-11,17H2,1-4H3. The zero-order chi connectivity index (χ0) is 24.5. The zero-order valence-corrected chi connectivity index (χ0v) is 20.7. The van der Waals surface area contributed by atoms with Crippen LogP contribution in [0, 0.1) is 31.1 Å². The van der Waals surface area contributed by atoms with Crippen molar-refractivity contribution in [3.05, 3.63) is 59.3 Å². The number of aryl methyl sites for hydroxylation is 2. The predicted molar refractivity (Wildman–Crippen MR) is 138 cm³/mol. The summed E-state index contributed by atoms with van der Waals surface area (Å²) in [4.78, 5) is 11.7. The number of nitrogens with one attached hydrogen (secondary N) is 1. The number of nitrogens with zero attached hydrogens (tertiary/aromatic N) is 6. The summed E-state index contributed by atoms with van der Waals surface area (Å²) >= 11 is 0. The van der Waals surface area contributed by atoms with Crippen LogP contribution >= 0.6 is 0 Å². The average Bonchev–Trinajstić information content (AvgIpc) is 3.22. The number of imidazole rings is 1. The molecule has 180 valence electrons. The van der Waals surface area contributed by atoms with E-state index in [0.717, 1.165) is 66.0 Å². The molecule has 1 aromatic carbocycles. The number of ether oxygens (including phenoxy) is 1. The van der Waals surface area contributed by atoms with E-state index < -0.39 is 0 Å². The lowest BCUT2D eigenvalue weighted by molar-refractivity contribution is 0.402. The first-order valence-corrected chi connectivity index (χ1v) is 12.0. The monoisotopic (exact) mass is 469 g/mol. The largest absolute Gasteiger partial charge is 0.494 e. The predicted octanol–water partition coefficient (Wildman–Crippen LogP) is 4.66. The van der Waals surface area contributed by atoms with Gasteiger partial charge in [-0.05, 0) is 56.5 Å². The second-order valence-electron chi connectivity index (χ2n) is 9.27. The van der Waals surface area contributed by atoms with Crippen molar-refractivity contribution >= 4 is 17.6 Å². The molecule has 0 aliphatic carbocycles. The molecule has 5 rings (SSSR count). The van der Waals surface area contributed by atoms with E-state index in [1.165, 1.54) is 11.1 Å². The van der Waals surface area contributed by atoms with Gasteiger partial charge in [-0.25, -0.2) is 9.97 Å². The minimum Gasteiger partial charge on any atom is -0.494 e. The normalized spacial score (nSPS) is 15.6. The van der Waals surface area contributed by atoms with Gasteiger partial charge in [-0.3, -0.25) is 10.4 Å². The Bertz CT molecular complexity index is 1310. The molecule has 8 heteroatoms. The summed E-state index contributed by atoms with van der Waals surface area (Å²) in [5.74, 6) is 2.91. The highest BCUT2D eigenvalue weighted by atomic mass is 16.5. The van der Waals surface area contributed by atoms with Gasteiger partial charge in [-0.2, -0.15) is 5.26 Å². The van der Waals surface area contributed by atoms with Crippen molar-refractivity contribution in [2.24, 2.45) is 13.0 Å². The number of rotatable bonds is 5. The van der Waals surface area contributed by atoms with Gasteiger partial charge in [0.05, 0.1) is 37.3 Å². The first-order valence-electron chi connectivity index (χ1n) is 12.0. The first-order chi connectivity index (χ1) is 17.0. The van der Waals surface area contributed by atoms with Crippen molar-refractivity contribution in [2.45, 2.75) is 33.2 Å². The Balaban J connectivity index is 1.38. The van der Waals surface area contributed by atoms with Crippen molar-refractivity contribution in [1.82, 2.24) is 19.5 Å². The molecule has 0 radical (unpaired) electrons. The molecule has 0 bridgehead atoms. The number of methoxy groups -OCH3 is 1. The number of pyridine rings is 1. The molecule has 0 saturated carbocycles. The summed E-state index contributed by atoms with van der Waals surface area (Å²) in [5, 5.41) is 11.3. The summed E-state index contributed by atoms with van der Waals surface area (Å²) in [6.07, 6.45) is 7.85. The molecule has 1 fully saturated rings. The highest BCUT2D eigenvalue weighted by Gasteiger charge is 2.25. The third-order valence-electron chi connectivity index (χ3n) is 6.99. The van der Waals surface area contributed by atoms with Crippen LogP contribution < -0.4 is 15.1 Å². The molecule has 8 nitrogen and oxygen atoms in total. The Labute approximate surface area is 206 Å². The molecule has 2 aliphatic heterocycles. The highest BCUT2D eigenvalue weighted by Crippen LogP contribution is 2.34. The molecule has 0 spiro atoms. The number of hydrazine groups is 1. The molecule has 3 aromatic rings. The van der Waals surface area contributed by atoms with Crippen molar-refractivity contribution in [3.8, 4) is 23.1 Å². The Morgan fingerprint density at radius 3 is 2.66 bits per heavy atom. The lowest BCUT2D eigenvalue weighted by Gasteiger charge is -2.35. The van der Waals surface area contributed by atoms with E-state index in [2.05, 4.69) is 55.4 Å². The van der Waals surface area contributed by atoms with E-state index in [9.17, 15) is 5.26 Å². The number of anilines is 2. The second-order valence-corrected chi connectivity index (χ2v) is 9.27. The third kappa shape index (κ3) is 4.42. The molecular weight excluding hydrogens is 438 g/mol. The number of fused-ring (bicyclic) bond motifs is 1. The van der Waals surface area contributed by atoms with Gasteiger partial charge in [-0.15, -0.1) is 0 Å². The Kier molecular flexibility index (Phi) is 6.08. The summed E-state index contributed by atoms with van der Waals surface area (Å²) in [5.41, 5.74) is 9.90. The van der Waals surface area contributed by atoms with Crippen LogP contribution in [0.3, 0.4) is 0 Å². The van der Waals surface area contributed by atoms with Gasteiger partial charge in [-0.1, -0.05) is 6.07 Å². The van der Waals surface area contributed by atoms with Gasteiger partial charge < -0.3 is 14.2 Å². The van der Waals surface area contributed by atoms with Gasteiger partial charge >= 0.3 is 0 Å². The average molecular weight is 470 g/mol. The van der Waals surface area contributed by atoms with E-state index in [0.29, 0.717) is 6.54 Å². The van der Waals surface area contributed by atoms with E-state index >= 15 is 0 Å². The fourth-order valence-electron chi connectivity index (χ4n) is 4.84. The summed E-state index contributed by atoms with van der Waals surface area (Å²) in [7, 11) is 3.71. The number of hydrogen-bond acceptors (Lipinski definition) is 7. The number of hydrogen-bond donors (Lipinski definition) is 1. The topological polar surface area (TPSA) is 82.2 Å². The zero-order valence-electron chi connectivity index (χ0n) is 20.7. The lowest BCUT2D eigenvalue weighted by atomic mass is 9.97. The Morgan fingerprint density at radius 2 is 1.97 bits per heavy atom. The lowest BCUT2D eigenvalue weighted by Crippen LogP contribution is -2.36. The summed E-state index contributed by atoms with van der Waals surface area (Å²) in [6.45, 7) is 6.44.